The molecule has 1 aliphatic heterocycles. The van der Waals surface area contributed by atoms with E-state index in [0.717, 1.165) is 37.2 Å². The van der Waals surface area contributed by atoms with Gasteiger partial charge in [-0.05, 0) is 36.6 Å². The molecule has 7 heteroatoms. The number of carboxylic acids is 1. The molecular weight excluding hydrogens is 316 g/mol. The summed E-state index contributed by atoms with van der Waals surface area (Å²) in [6.45, 7) is 2.04. The van der Waals surface area contributed by atoms with Crippen molar-refractivity contribution in [1.29, 1.82) is 0 Å². The Morgan fingerprint density at radius 3 is 2.79 bits per heavy atom. The van der Waals surface area contributed by atoms with Gasteiger partial charge in [-0.3, -0.25) is 14.4 Å². The maximum atomic E-state index is 13.4. The smallest absolute Gasteiger partial charge is 0.304 e. The molecule has 128 valence electrons. The summed E-state index contributed by atoms with van der Waals surface area (Å²) in [6, 6.07) is 5.78. The predicted octanol–water partition coefficient (Wildman–Crippen LogP) is 2.58. The molecule has 0 atom stereocenters. The van der Waals surface area contributed by atoms with Crippen LogP contribution in [0.1, 0.15) is 29.8 Å². The van der Waals surface area contributed by atoms with Gasteiger partial charge in [-0.1, -0.05) is 6.07 Å². The summed E-state index contributed by atoms with van der Waals surface area (Å²) in [6.07, 6.45) is 2.09. The molecule has 1 aromatic heterocycles. The van der Waals surface area contributed by atoms with Crippen LogP contribution < -0.4 is 0 Å². The molecule has 0 unspecified atom stereocenters. The van der Waals surface area contributed by atoms with E-state index < -0.39 is 17.6 Å². The number of aliphatic carboxylic acids is 1. The van der Waals surface area contributed by atoms with Crippen LogP contribution in [0.3, 0.4) is 0 Å². The number of fused-ring (bicyclic) bond motifs is 1. The number of nitrogens with zero attached hydrogens (tertiary/aromatic N) is 3. The van der Waals surface area contributed by atoms with Crippen molar-refractivity contribution in [3.05, 3.63) is 52.9 Å². The molecule has 5 nitrogen and oxygen atoms in total. The van der Waals surface area contributed by atoms with Crippen molar-refractivity contribution in [2.45, 2.75) is 38.9 Å². The topological polar surface area (TPSA) is 58.4 Å². The fraction of sp³-hybridized carbons (Fsp3) is 0.412. The first kappa shape index (κ1) is 16.6. The SMILES string of the molecule is O=C(O)CCN(Cc1ccc(F)c(F)c1)Cc1cc2n(n1)CCC2. The average Bonchev–Trinajstić information content (AvgIpc) is 3.09. The van der Waals surface area contributed by atoms with Gasteiger partial charge < -0.3 is 5.11 Å². The minimum absolute atomic E-state index is 0.0166. The van der Waals surface area contributed by atoms with E-state index in [0.29, 0.717) is 25.2 Å². The Kier molecular flexibility index (Phi) is 4.89. The molecule has 0 aliphatic carbocycles. The van der Waals surface area contributed by atoms with Crippen molar-refractivity contribution >= 4 is 5.97 Å². The van der Waals surface area contributed by atoms with Crippen molar-refractivity contribution in [3.8, 4) is 0 Å². The van der Waals surface area contributed by atoms with E-state index in [1.54, 1.807) is 0 Å². The van der Waals surface area contributed by atoms with Gasteiger partial charge in [0.1, 0.15) is 0 Å². The van der Waals surface area contributed by atoms with E-state index in [2.05, 4.69) is 5.10 Å². The highest BCUT2D eigenvalue weighted by Gasteiger charge is 2.17. The van der Waals surface area contributed by atoms with Crippen molar-refractivity contribution in [3.63, 3.8) is 0 Å². The lowest BCUT2D eigenvalue weighted by molar-refractivity contribution is -0.137. The van der Waals surface area contributed by atoms with E-state index in [4.69, 9.17) is 5.11 Å². The van der Waals surface area contributed by atoms with Crippen LogP contribution in [0.15, 0.2) is 24.3 Å². The number of carboxylic acid groups (broad SMARTS) is 1. The Bertz CT molecular complexity index is 724. The molecule has 0 amide bonds. The van der Waals surface area contributed by atoms with Gasteiger partial charge in [0.15, 0.2) is 11.6 Å². The lowest BCUT2D eigenvalue weighted by atomic mass is 10.2. The van der Waals surface area contributed by atoms with Crippen LogP contribution in [-0.2, 0) is 30.8 Å². The molecule has 24 heavy (non-hydrogen) atoms. The van der Waals surface area contributed by atoms with Crippen LogP contribution in [0, 0.1) is 11.6 Å². The minimum atomic E-state index is -0.897. The zero-order valence-electron chi connectivity index (χ0n) is 13.2. The number of halogens is 2. The Morgan fingerprint density at radius 1 is 1.25 bits per heavy atom. The summed E-state index contributed by atoms with van der Waals surface area (Å²) in [4.78, 5) is 12.8. The van der Waals surface area contributed by atoms with Crippen molar-refractivity contribution in [2.75, 3.05) is 6.54 Å². The highest BCUT2D eigenvalue weighted by atomic mass is 19.2. The normalized spacial score (nSPS) is 13.5. The Balaban J connectivity index is 1.71. The molecule has 0 saturated heterocycles. The number of aryl methyl sites for hydroxylation is 2. The van der Waals surface area contributed by atoms with Gasteiger partial charge >= 0.3 is 5.97 Å². The van der Waals surface area contributed by atoms with Crippen molar-refractivity contribution in [2.24, 2.45) is 0 Å². The maximum absolute atomic E-state index is 13.4. The van der Waals surface area contributed by atoms with Crippen molar-refractivity contribution < 1.29 is 18.7 Å². The van der Waals surface area contributed by atoms with E-state index in [-0.39, 0.29) is 6.42 Å². The summed E-state index contributed by atoms with van der Waals surface area (Å²) < 4.78 is 28.4. The summed E-state index contributed by atoms with van der Waals surface area (Å²) in [5.41, 5.74) is 2.67. The molecule has 0 radical (unpaired) electrons. The summed E-state index contributed by atoms with van der Waals surface area (Å²) in [5, 5.41) is 13.4. The van der Waals surface area contributed by atoms with Crippen LogP contribution >= 0.6 is 0 Å². The van der Waals surface area contributed by atoms with E-state index in [9.17, 15) is 13.6 Å². The fourth-order valence-corrected chi connectivity index (χ4v) is 2.99. The fourth-order valence-electron chi connectivity index (χ4n) is 2.99. The Hall–Kier alpha value is -2.28. The summed E-state index contributed by atoms with van der Waals surface area (Å²) >= 11 is 0. The van der Waals surface area contributed by atoms with Gasteiger partial charge in [0, 0.05) is 31.9 Å². The van der Waals surface area contributed by atoms with E-state index in [1.165, 1.54) is 11.8 Å². The molecule has 0 saturated carbocycles. The maximum Gasteiger partial charge on any atom is 0.304 e. The van der Waals surface area contributed by atoms with Crippen LogP contribution in [0.5, 0.6) is 0 Å². The average molecular weight is 335 g/mol. The van der Waals surface area contributed by atoms with Crippen LogP contribution in [-0.4, -0.2) is 32.3 Å². The van der Waals surface area contributed by atoms with Crippen LogP contribution in [0.4, 0.5) is 8.78 Å². The number of carbonyl (C=O) groups is 1. The first-order valence-corrected chi connectivity index (χ1v) is 7.95. The molecular formula is C17H19F2N3O2. The molecule has 3 rings (SSSR count). The molecule has 0 spiro atoms. The quantitative estimate of drug-likeness (QED) is 0.845. The van der Waals surface area contributed by atoms with E-state index >= 15 is 0 Å². The van der Waals surface area contributed by atoms with Crippen LogP contribution in [0.2, 0.25) is 0 Å². The Morgan fingerprint density at radius 2 is 2.08 bits per heavy atom. The molecule has 2 aromatic rings. The van der Waals surface area contributed by atoms with Crippen molar-refractivity contribution in [1.82, 2.24) is 14.7 Å². The van der Waals surface area contributed by atoms with Gasteiger partial charge in [0.05, 0.1) is 12.1 Å². The molecule has 0 fully saturated rings. The van der Waals surface area contributed by atoms with Crippen LogP contribution in [0.25, 0.3) is 0 Å². The Labute approximate surface area is 138 Å². The third-order valence-corrected chi connectivity index (χ3v) is 4.13. The highest BCUT2D eigenvalue weighted by Crippen LogP contribution is 2.18. The molecule has 1 aromatic carbocycles. The van der Waals surface area contributed by atoms with Gasteiger partial charge in [-0.25, -0.2) is 8.78 Å². The largest absolute Gasteiger partial charge is 0.481 e. The number of aromatic nitrogens is 2. The molecule has 0 bridgehead atoms. The third kappa shape index (κ3) is 3.97. The summed E-state index contributed by atoms with van der Waals surface area (Å²) in [7, 11) is 0. The standard InChI is InChI=1S/C17H19F2N3O2/c18-15-4-3-12(8-16(15)19)10-21(7-5-17(23)24)11-13-9-14-2-1-6-22(14)20-13/h3-4,8-9H,1-2,5-7,10-11H2,(H,23,24). The second-order valence-corrected chi connectivity index (χ2v) is 6.06. The van der Waals surface area contributed by atoms with E-state index in [1.807, 2.05) is 15.6 Å². The number of benzene rings is 1. The van der Waals surface area contributed by atoms with Gasteiger partial charge in [-0.2, -0.15) is 5.10 Å². The zero-order chi connectivity index (χ0) is 17.1. The molecule has 1 N–H and O–H groups in total. The lowest BCUT2D eigenvalue weighted by Crippen LogP contribution is -2.26. The molecule has 1 aliphatic rings. The first-order valence-electron chi connectivity index (χ1n) is 7.95. The molecule has 2 heterocycles. The summed E-state index contributed by atoms with van der Waals surface area (Å²) in [5.74, 6) is -2.68. The number of hydrogen-bond donors (Lipinski definition) is 1. The lowest BCUT2D eigenvalue weighted by Gasteiger charge is -2.20. The second-order valence-electron chi connectivity index (χ2n) is 6.06. The highest BCUT2D eigenvalue weighted by molar-refractivity contribution is 5.66. The first-order chi connectivity index (χ1) is 11.5. The monoisotopic (exact) mass is 335 g/mol. The van der Waals surface area contributed by atoms with Gasteiger partial charge in [0.25, 0.3) is 0 Å². The predicted molar refractivity (Wildman–Crippen MR) is 83.3 cm³/mol. The van der Waals surface area contributed by atoms with Gasteiger partial charge in [0.2, 0.25) is 0 Å². The zero-order valence-corrected chi connectivity index (χ0v) is 13.2. The third-order valence-electron chi connectivity index (χ3n) is 4.13. The number of rotatable bonds is 7. The number of hydrogen-bond acceptors (Lipinski definition) is 3. The minimum Gasteiger partial charge on any atom is -0.481 e. The van der Waals surface area contributed by atoms with Gasteiger partial charge in [-0.15, -0.1) is 0 Å². The second kappa shape index (κ2) is 7.09.